The summed E-state index contributed by atoms with van der Waals surface area (Å²) in [6, 6.07) is 0.410. The minimum atomic E-state index is 0.410. The lowest BCUT2D eigenvalue weighted by Gasteiger charge is -2.34. The molecule has 1 saturated heterocycles. The number of halogens is 1. The molecule has 1 fully saturated rings. The summed E-state index contributed by atoms with van der Waals surface area (Å²) in [7, 11) is 1.75. The van der Waals surface area contributed by atoms with Gasteiger partial charge in [0.1, 0.15) is 0 Å². The van der Waals surface area contributed by atoms with Crippen molar-refractivity contribution >= 4 is 11.6 Å². The monoisotopic (exact) mass is 221 g/mol. The standard InChI is InChI=1S/C10H20ClNO2/c1-13-6-3-2-4-12-5-7-14-9-10(12)8-11/h10H,2-9H2,1H3. The van der Waals surface area contributed by atoms with Gasteiger partial charge in [-0.1, -0.05) is 0 Å². The van der Waals surface area contributed by atoms with Gasteiger partial charge in [-0.25, -0.2) is 0 Å². The fourth-order valence-corrected chi connectivity index (χ4v) is 1.97. The molecular formula is C10H20ClNO2. The molecule has 3 nitrogen and oxygen atoms in total. The molecule has 1 aliphatic heterocycles. The Hall–Kier alpha value is 0.170. The number of methoxy groups -OCH3 is 1. The Morgan fingerprint density at radius 2 is 2.36 bits per heavy atom. The maximum atomic E-state index is 5.87. The van der Waals surface area contributed by atoms with Gasteiger partial charge >= 0.3 is 0 Å². The van der Waals surface area contributed by atoms with E-state index in [-0.39, 0.29) is 0 Å². The van der Waals surface area contributed by atoms with Crippen molar-refractivity contribution in [2.24, 2.45) is 0 Å². The molecule has 0 amide bonds. The van der Waals surface area contributed by atoms with Gasteiger partial charge in [-0.15, -0.1) is 11.6 Å². The van der Waals surface area contributed by atoms with Crippen molar-refractivity contribution in [2.45, 2.75) is 18.9 Å². The Bertz CT molecular complexity index is 146. The van der Waals surface area contributed by atoms with E-state index in [0.717, 1.165) is 39.3 Å². The van der Waals surface area contributed by atoms with Gasteiger partial charge in [-0.05, 0) is 19.4 Å². The summed E-state index contributed by atoms with van der Waals surface area (Å²) >= 11 is 5.87. The first-order chi connectivity index (χ1) is 6.88. The molecule has 1 aliphatic rings. The van der Waals surface area contributed by atoms with Crippen LogP contribution in [0.4, 0.5) is 0 Å². The molecule has 1 atom stereocenters. The molecule has 0 saturated carbocycles. The summed E-state index contributed by atoms with van der Waals surface area (Å²) in [5.74, 6) is 0.671. The van der Waals surface area contributed by atoms with Gasteiger partial charge < -0.3 is 9.47 Å². The maximum Gasteiger partial charge on any atom is 0.0634 e. The van der Waals surface area contributed by atoms with Gasteiger partial charge in [0.25, 0.3) is 0 Å². The number of morpholine rings is 1. The highest BCUT2D eigenvalue weighted by Gasteiger charge is 2.21. The minimum absolute atomic E-state index is 0.410. The van der Waals surface area contributed by atoms with Gasteiger partial charge in [0.15, 0.2) is 0 Å². The van der Waals surface area contributed by atoms with Crippen LogP contribution in [-0.4, -0.2) is 56.8 Å². The van der Waals surface area contributed by atoms with Gasteiger partial charge in [0.2, 0.25) is 0 Å². The van der Waals surface area contributed by atoms with E-state index in [0.29, 0.717) is 11.9 Å². The van der Waals surface area contributed by atoms with E-state index in [2.05, 4.69) is 4.90 Å². The highest BCUT2D eigenvalue weighted by molar-refractivity contribution is 6.18. The maximum absolute atomic E-state index is 5.87. The van der Waals surface area contributed by atoms with Crippen LogP contribution in [0.1, 0.15) is 12.8 Å². The smallest absolute Gasteiger partial charge is 0.0634 e. The first kappa shape index (κ1) is 12.2. The van der Waals surface area contributed by atoms with E-state index in [1.165, 1.54) is 6.42 Å². The number of nitrogens with zero attached hydrogens (tertiary/aromatic N) is 1. The number of alkyl halides is 1. The molecule has 84 valence electrons. The normalized spacial score (nSPS) is 24.0. The Balaban J connectivity index is 2.13. The Labute approximate surface area is 91.3 Å². The summed E-state index contributed by atoms with van der Waals surface area (Å²) in [5, 5.41) is 0. The zero-order chi connectivity index (χ0) is 10.2. The van der Waals surface area contributed by atoms with Crippen molar-refractivity contribution in [1.29, 1.82) is 0 Å². The predicted octanol–water partition coefficient (Wildman–Crippen LogP) is 1.35. The lowest BCUT2D eigenvalue weighted by atomic mass is 10.2. The highest BCUT2D eigenvalue weighted by atomic mass is 35.5. The molecule has 0 bridgehead atoms. The van der Waals surface area contributed by atoms with Crippen molar-refractivity contribution in [3.63, 3.8) is 0 Å². The second kappa shape index (κ2) is 7.46. The van der Waals surface area contributed by atoms with Crippen LogP contribution in [0, 0.1) is 0 Å². The van der Waals surface area contributed by atoms with Crippen LogP contribution >= 0.6 is 11.6 Å². The number of ether oxygens (including phenoxy) is 2. The lowest BCUT2D eigenvalue weighted by Crippen LogP contribution is -2.46. The van der Waals surface area contributed by atoms with Crippen LogP contribution in [0.2, 0.25) is 0 Å². The largest absolute Gasteiger partial charge is 0.385 e. The SMILES string of the molecule is COCCCCN1CCOCC1CCl. The molecule has 1 heterocycles. The van der Waals surface area contributed by atoms with Crippen LogP contribution in [0.25, 0.3) is 0 Å². The molecule has 0 aromatic heterocycles. The minimum Gasteiger partial charge on any atom is -0.385 e. The first-order valence-electron chi connectivity index (χ1n) is 5.25. The van der Waals surface area contributed by atoms with Crippen LogP contribution in [0.5, 0.6) is 0 Å². The molecule has 4 heteroatoms. The van der Waals surface area contributed by atoms with Crippen molar-refractivity contribution in [3.8, 4) is 0 Å². The summed E-state index contributed by atoms with van der Waals surface area (Å²) < 4.78 is 10.4. The zero-order valence-electron chi connectivity index (χ0n) is 8.88. The number of rotatable bonds is 6. The molecule has 1 rings (SSSR count). The molecule has 0 aromatic carbocycles. The quantitative estimate of drug-likeness (QED) is 0.499. The fraction of sp³-hybridized carbons (Fsp3) is 1.00. The van der Waals surface area contributed by atoms with Crippen molar-refractivity contribution in [1.82, 2.24) is 4.90 Å². The first-order valence-corrected chi connectivity index (χ1v) is 5.78. The molecule has 0 aromatic rings. The fourth-order valence-electron chi connectivity index (χ4n) is 1.69. The van der Waals surface area contributed by atoms with Crippen molar-refractivity contribution < 1.29 is 9.47 Å². The molecular weight excluding hydrogens is 202 g/mol. The van der Waals surface area contributed by atoms with E-state index in [1.807, 2.05) is 0 Å². The lowest BCUT2D eigenvalue weighted by molar-refractivity contribution is -0.000202. The average Bonchev–Trinajstić information content (AvgIpc) is 2.25. The van der Waals surface area contributed by atoms with Gasteiger partial charge in [-0.2, -0.15) is 0 Å². The average molecular weight is 222 g/mol. The van der Waals surface area contributed by atoms with Gasteiger partial charge in [0, 0.05) is 32.2 Å². The summed E-state index contributed by atoms with van der Waals surface area (Å²) in [4.78, 5) is 2.42. The molecule has 14 heavy (non-hydrogen) atoms. The predicted molar refractivity (Wildman–Crippen MR) is 58.0 cm³/mol. The number of unbranched alkanes of at least 4 members (excludes halogenated alkanes) is 1. The van der Waals surface area contributed by atoms with Crippen LogP contribution < -0.4 is 0 Å². The van der Waals surface area contributed by atoms with E-state index >= 15 is 0 Å². The van der Waals surface area contributed by atoms with E-state index in [1.54, 1.807) is 7.11 Å². The number of hydrogen-bond donors (Lipinski definition) is 0. The molecule has 0 radical (unpaired) electrons. The Kier molecular flexibility index (Phi) is 6.52. The summed E-state index contributed by atoms with van der Waals surface area (Å²) in [6.07, 6.45) is 2.31. The number of hydrogen-bond acceptors (Lipinski definition) is 3. The van der Waals surface area contributed by atoms with Gasteiger partial charge in [0.05, 0.1) is 13.2 Å². The second-order valence-electron chi connectivity index (χ2n) is 3.62. The Morgan fingerprint density at radius 3 is 3.07 bits per heavy atom. The van der Waals surface area contributed by atoms with E-state index in [9.17, 15) is 0 Å². The summed E-state index contributed by atoms with van der Waals surface area (Å²) in [6.45, 7) is 4.62. The highest BCUT2D eigenvalue weighted by Crippen LogP contribution is 2.09. The molecule has 0 N–H and O–H groups in total. The molecule has 1 unspecified atom stereocenters. The second-order valence-corrected chi connectivity index (χ2v) is 3.93. The zero-order valence-corrected chi connectivity index (χ0v) is 9.63. The molecule has 0 aliphatic carbocycles. The van der Waals surface area contributed by atoms with E-state index < -0.39 is 0 Å². The third kappa shape index (κ3) is 4.13. The Morgan fingerprint density at radius 1 is 1.50 bits per heavy atom. The van der Waals surface area contributed by atoms with Gasteiger partial charge in [-0.3, -0.25) is 4.90 Å². The molecule has 0 spiro atoms. The van der Waals surface area contributed by atoms with Crippen LogP contribution in [-0.2, 0) is 9.47 Å². The topological polar surface area (TPSA) is 21.7 Å². The van der Waals surface area contributed by atoms with Crippen molar-refractivity contribution in [2.75, 3.05) is 45.9 Å². The third-order valence-corrected chi connectivity index (χ3v) is 2.93. The summed E-state index contributed by atoms with van der Waals surface area (Å²) in [5.41, 5.74) is 0. The van der Waals surface area contributed by atoms with Crippen LogP contribution in [0.15, 0.2) is 0 Å². The van der Waals surface area contributed by atoms with Crippen LogP contribution in [0.3, 0.4) is 0 Å². The third-order valence-electron chi connectivity index (χ3n) is 2.57. The van der Waals surface area contributed by atoms with Crippen molar-refractivity contribution in [3.05, 3.63) is 0 Å². The van der Waals surface area contributed by atoms with E-state index in [4.69, 9.17) is 21.1 Å².